The first-order valence-corrected chi connectivity index (χ1v) is 8.38. The minimum Gasteiger partial charge on any atom is -0.348 e. The fraction of sp³-hybridized carbons (Fsp3) is 0.556. The number of nitrogens with one attached hydrogen (secondary N) is 1. The van der Waals surface area contributed by atoms with Gasteiger partial charge in [0.1, 0.15) is 6.54 Å². The zero-order chi connectivity index (χ0) is 17.7. The van der Waals surface area contributed by atoms with Crippen LogP contribution < -0.4 is 5.32 Å². The predicted molar refractivity (Wildman–Crippen MR) is 93.3 cm³/mol. The van der Waals surface area contributed by atoms with E-state index in [1.54, 1.807) is 4.68 Å². The first-order valence-electron chi connectivity index (χ1n) is 8.38. The Labute approximate surface area is 143 Å². The first kappa shape index (κ1) is 18.1. The van der Waals surface area contributed by atoms with E-state index in [-0.39, 0.29) is 23.9 Å². The summed E-state index contributed by atoms with van der Waals surface area (Å²) in [6.45, 7) is 10.5. The van der Waals surface area contributed by atoms with E-state index < -0.39 is 0 Å². The van der Waals surface area contributed by atoms with Crippen LogP contribution in [0.4, 0.5) is 0 Å². The standard InChI is InChI=1S/C18H27N5O/c1-13(2)11-15(14-9-7-6-8-10-14)19-16(24)12-23-17(18(3,4)5)20-21-22-23/h6-10,13,15H,11-12H2,1-5H3,(H,19,24). The molecule has 6 heteroatoms. The fourth-order valence-corrected chi connectivity index (χ4v) is 2.66. The van der Waals surface area contributed by atoms with Crippen LogP contribution in [0, 0.1) is 5.92 Å². The molecule has 1 atom stereocenters. The van der Waals surface area contributed by atoms with Crippen LogP contribution in [0.5, 0.6) is 0 Å². The van der Waals surface area contributed by atoms with E-state index in [4.69, 9.17) is 0 Å². The number of aromatic nitrogens is 4. The first-order chi connectivity index (χ1) is 11.3. The van der Waals surface area contributed by atoms with Gasteiger partial charge in [-0.25, -0.2) is 4.68 Å². The van der Waals surface area contributed by atoms with Gasteiger partial charge in [-0.1, -0.05) is 65.0 Å². The maximum absolute atomic E-state index is 12.5. The lowest BCUT2D eigenvalue weighted by atomic mass is 9.96. The van der Waals surface area contributed by atoms with Crippen LogP contribution >= 0.6 is 0 Å². The second kappa shape index (κ2) is 7.55. The normalized spacial score (nSPS) is 13.1. The van der Waals surface area contributed by atoms with E-state index >= 15 is 0 Å². The lowest BCUT2D eigenvalue weighted by molar-refractivity contribution is -0.122. The molecule has 1 amide bonds. The second-order valence-electron chi connectivity index (χ2n) is 7.57. The highest BCUT2D eigenvalue weighted by molar-refractivity contribution is 5.76. The van der Waals surface area contributed by atoms with Gasteiger partial charge in [-0.05, 0) is 28.3 Å². The summed E-state index contributed by atoms with van der Waals surface area (Å²) in [6.07, 6.45) is 0.886. The number of rotatable bonds is 6. The lowest BCUT2D eigenvalue weighted by Gasteiger charge is -2.22. The number of benzene rings is 1. The van der Waals surface area contributed by atoms with Crippen molar-refractivity contribution in [1.29, 1.82) is 0 Å². The SMILES string of the molecule is CC(C)CC(NC(=O)Cn1nnnc1C(C)(C)C)c1ccccc1. The Kier molecular flexibility index (Phi) is 5.70. The summed E-state index contributed by atoms with van der Waals surface area (Å²) in [5, 5.41) is 14.8. The number of hydrogen-bond acceptors (Lipinski definition) is 4. The minimum absolute atomic E-state index is 0.00623. The Balaban J connectivity index is 2.10. The van der Waals surface area contributed by atoms with E-state index in [0.717, 1.165) is 12.0 Å². The van der Waals surface area contributed by atoms with Crippen LogP contribution in [0.3, 0.4) is 0 Å². The molecule has 2 aromatic rings. The highest BCUT2D eigenvalue weighted by atomic mass is 16.2. The van der Waals surface area contributed by atoms with Gasteiger partial charge in [0.05, 0.1) is 6.04 Å². The molecule has 1 aromatic heterocycles. The van der Waals surface area contributed by atoms with E-state index in [0.29, 0.717) is 11.7 Å². The molecule has 1 N–H and O–H groups in total. The number of carbonyl (C=O) groups is 1. The molecular formula is C18H27N5O. The van der Waals surface area contributed by atoms with Crippen LogP contribution in [0.25, 0.3) is 0 Å². The quantitative estimate of drug-likeness (QED) is 0.884. The number of carbonyl (C=O) groups excluding carboxylic acids is 1. The van der Waals surface area contributed by atoms with Gasteiger partial charge in [0.2, 0.25) is 5.91 Å². The predicted octanol–water partition coefficient (Wildman–Crippen LogP) is 2.87. The molecule has 0 radical (unpaired) electrons. The van der Waals surface area contributed by atoms with Crippen molar-refractivity contribution in [3.63, 3.8) is 0 Å². The van der Waals surface area contributed by atoms with Gasteiger partial charge < -0.3 is 5.32 Å². The van der Waals surface area contributed by atoms with Crippen molar-refractivity contribution in [2.45, 2.75) is 59.0 Å². The highest BCUT2D eigenvalue weighted by Gasteiger charge is 2.24. The van der Waals surface area contributed by atoms with Crippen molar-refractivity contribution in [1.82, 2.24) is 25.5 Å². The summed E-state index contributed by atoms with van der Waals surface area (Å²) in [4.78, 5) is 12.5. The third-order valence-corrected chi connectivity index (χ3v) is 3.74. The summed E-state index contributed by atoms with van der Waals surface area (Å²) in [5.74, 6) is 1.11. The molecule has 0 bridgehead atoms. The van der Waals surface area contributed by atoms with Gasteiger partial charge in [0.15, 0.2) is 5.82 Å². The van der Waals surface area contributed by atoms with Crippen LogP contribution in [0.15, 0.2) is 30.3 Å². The van der Waals surface area contributed by atoms with Crippen LogP contribution in [-0.2, 0) is 16.8 Å². The Morgan fingerprint density at radius 1 is 1.21 bits per heavy atom. The molecule has 0 saturated carbocycles. The number of hydrogen-bond donors (Lipinski definition) is 1. The monoisotopic (exact) mass is 329 g/mol. The molecular weight excluding hydrogens is 302 g/mol. The van der Waals surface area contributed by atoms with Crippen molar-refractivity contribution in [3.05, 3.63) is 41.7 Å². The highest BCUT2D eigenvalue weighted by Crippen LogP contribution is 2.22. The number of amides is 1. The van der Waals surface area contributed by atoms with E-state index in [1.807, 2.05) is 51.1 Å². The van der Waals surface area contributed by atoms with Crippen molar-refractivity contribution in [2.24, 2.45) is 5.92 Å². The van der Waals surface area contributed by atoms with Gasteiger partial charge in [-0.15, -0.1) is 5.10 Å². The molecule has 6 nitrogen and oxygen atoms in total. The number of tetrazole rings is 1. The molecule has 2 rings (SSSR count). The molecule has 24 heavy (non-hydrogen) atoms. The smallest absolute Gasteiger partial charge is 0.242 e. The Hall–Kier alpha value is -2.24. The molecule has 0 aliphatic rings. The summed E-state index contributed by atoms with van der Waals surface area (Å²) in [6, 6.07) is 10.1. The van der Waals surface area contributed by atoms with Gasteiger partial charge in [-0.3, -0.25) is 4.79 Å². The maximum Gasteiger partial charge on any atom is 0.242 e. The van der Waals surface area contributed by atoms with E-state index in [9.17, 15) is 4.79 Å². The summed E-state index contributed by atoms with van der Waals surface area (Å²) >= 11 is 0. The van der Waals surface area contributed by atoms with Crippen molar-refractivity contribution in [3.8, 4) is 0 Å². The Bertz CT molecular complexity index is 658. The topological polar surface area (TPSA) is 72.7 Å². The molecule has 1 unspecified atom stereocenters. The van der Waals surface area contributed by atoms with Gasteiger partial charge >= 0.3 is 0 Å². The molecule has 1 heterocycles. The molecule has 0 spiro atoms. The van der Waals surface area contributed by atoms with Gasteiger partial charge in [0, 0.05) is 5.41 Å². The summed E-state index contributed by atoms with van der Waals surface area (Å²) in [5.41, 5.74) is 0.910. The van der Waals surface area contributed by atoms with Crippen molar-refractivity contribution >= 4 is 5.91 Å². The lowest BCUT2D eigenvalue weighted by Crippen LogP contribution is -2.34. The van der Waals surface area contributed by atoms with Crippen LogP contribution in [0.1, 0.15) is 58.5 Å². The van der Waals surface area contributed by atoms with Crippen molar-refractivity contribution in [2.75, 3.05) is 0 Å². The van der Waals surface area contributed by atoms with E-state index in [2.05, 4.69) is 34.7 Å². The third-order valence-electron chi connectivity index (χ3n) is 3.74. The van der Waals surface area contributed by atoms with Gasteiger partial charge in [-0.2, -0.15) is 0 Å². The fourth-order valence-electron chi connectivity index (χ4n) is 2.66. The Morgan fingerprint density at radius 3 is 2.46 bits per heavy atom. The van der Waals surface area contributed by atoms with E-state index in [1.165, 1.54) is 0 Å². The second-order valence-corrected chi connectivity index (χ2v) is 7.57. The molecule has 0 fully saturated rings. The summed E-state index contributed by atoms with van der Waals surface area (Å²) < 4.78 is 1.58. The molecule has 0 aliphatic carbocycles. The molecule has 1 aromatic carbocycles. The molecule has 0 saturated heterocycles. The maximum atomic E-state index is 12.5. The third kappa shape index (κ3) is 4.88. The summed E-state index contributed by atoms with van der Waals surface area (Å²) in [7, 11) is 0. The molecule has 130 valence electrons. The van der Waals surface area contributed by atoms with Crippen molar-refractivity contribution < 1.29 is 4.79 Å². The molecule has 0 aliphatic heterocycles. The van der Waals surface area contributed by atoms with Crippen LogP contribution in [0.2, 0.25) is 0 Å². The largest absolute Gasteiger partial charge is 0.348 e. The van der Waals surface area contributed by atoms with Crippen LogP contribution in [-0.4, -0.2) is 26.1 Å². The zero-order valence-corrected chi connectivity index (χ0v) is 15.2. The average Bonchev–Trinajstić information content (AvgIpc) is 2.95. The minimum atomic E-state index is -0.208. The van der Waals surface area contributed by atoms with Gasteiger partial charge in [0.25, 0.3) is 0 Å². The zero-order valence-electron chi connectivity index (χ0n) is 15.2. The Morgan fingerprint density at radius 2 is 1.88 bits per heavy atom. The average molecular weight is 329 g/mol. The number of nitrogens with zero attached hydrogens (tertiary/aromatic N) is 4.